The van der Waals surface area contributed by atoms with Crippen molar-refractivity contribution < 1.29 is 13.9 Å². The molecule has 0 aliphatic rings. The summed E-state index contributed by atoms with van der Waals surface area (Å²) in [4.78, 5) is 14.1. The third kappa shape index (κ3) is 1.42. The van der Waals surface area contributed by atoms with Gasteiger partial charge in [-0.2, -0.15) is 0 Å². The fourth-order valence-corrected chi connectivity index (χ4v) is 1.21. The summed E-state index contributed by atoms with van der Waals surface area (Å²) in [6.07, 6.45) is 3.18. The number of aromatic amines is 1. The Balaban J connectivity index is 2.31. The van der Waals surface area contributed by atoms with E-state index in [1.54, 1.807) is 24.7 Å². The molecule has 0 bridgehead atoms. The summed E-state index contributed by atoms with van der Waals surface area (Å²) in [5, 5.41) is 0. The van der Waals surface area contributed by atoms with E-state index in [4.69, 9.17) is 4.42 Å². The molecule has 0 aliphatic heterocycles. The summed E-state index contributed by atoms with van der Waals surface area (Å²) < 4.78 is 9.50. The topological polar surface area (TPSA) is 55.2 Å². The minimum Gasteiger partial charge on any atom is -0.472 e. The van der Waals surface area contributed by atoms with Crippen LogP contribution in [0.25, 0.3) is 11.3 Å². The van der Waals surface area contributed by atoms with Gasteiger partial charge in [0.2, 0.25) is 0 Å². The minimum absolute atomic E-state index is 0.375. The maximum atomic E-state index is 11.1. The first-order chi connectivity index (χ1) is 6.81. The lowest BCUT2D eigenvalue weighted by Crippen LogP contribution is -2.00. The van der Waals surface area contributed by atoms with E-state index in [9.17, 15) is 4.79 Å². The van der Waals surface area contributed by atoms with Crippen molar-refractivity contribution >= 4 is 5.97 Å². The lowest BCUT2D eigenvalue weighted by Gasteiger charge is -1.94. The molecule has 0 amide bonds. The van der Waals surface area contributed by atoms with Gasteiger partial charge < -0.3 is 14.1 Å². The lowest BCUT2D eigenvalue weighted by atomic mass is 10.2. The number of hydrogen-bond donors (Lipinski definition) is 1. The highest BCUT2D eigenvalue weighted by molar-refractivity contribution is 5.88. The number of rotatable bonds is 2. The molecule has 0 fully saturated rings. The summed E-state index contributed by atoms with van der Waals surface area (Å²) in [5.41, 5.74) is 2.17. The van der Waals surface area contributed by atoms with Gasteiger partial charge in [-0.3, -0.25) is 0 Å². The molecule has 4 nitrogen and oxygen atoms in total. The van der Waals surface area contributed by atoms with Crippen LogP contribution in [0.2, 0.25) is 0 Å². The second kappa shape index (κ2) is 3.41. The van der Waals surface area contributed by atoms with Crippen LogP contribution in [0.1, 0.15) is 10.5 Å². The van der Waals surface area contributed by atoms with Gasteiger partial charge in [-0.05, 0) is 18.2 Å². The zero-order valence-corrected chi connectivity index (χ0v) is 7.61. The van der Waals surface area contributed by atoms with E-state index in [1.807, 2.05) is 6.07 Å². The Morgan fingerprint density at radius 1 is 1.43 bits per heavy atom. The second-order valence-corrected chi connectivity index (χ2v) is 2.79. The second-order valence-electron chi connectivity index (χ2n) is 2.79. The normalized spacial score (nSPS) is 10.1. The minimum atomic E-state index is -0.375. The molecule has 2 aromatic rings. The molecule has 2 rings (SSSR count). The van der Waals surface area contributed by atoms with E-state index < -0.39 is 0 Å². The van der Waals surface area contributed by atoms with Crippen molar-refractivity contribution in [2.24, 2.45) is 0 Å². The fraction of sp³-hybridized carbons (Fsp3) is 0.100. The van der Waals surface area contributed by atoms with Crippen molar-refractivity contribution in [1.29, 1.82) is 0 Å². The largest absolute Gasteiger partial charge is 0.472 e. The van der Waals surface area contributed by atoms with Crippen LogP contribution < -0.4 is 0 Å². The summed E-state index contributed by atoms with van der Waals surface area (Å²) in [6, 6.07) is 5.29. The van der Waals surface area contributed by atoms with Gasteiger partial charge in [-0.1, -0.05) is 0 Å². The van der Waals surface area contributed by atoms with Gasteiger partial charge in [0.15, 0.2) is 0 Å². The SMILES string of the molecule is COC(=O)c1ccc(-c2ccoc2)[nH]1. The number of aromatic nitrogens is 1. The van der Waals surface area contributed by atoms with Crippen molar-refractivity contribution in [3.8, 4) is 11.3 Å². The third-order valence-electron chi connectivity index (χ3n) is 1.92. The van der Waals surface area contributed by atoms with E-state index in [0.717, 1.165) is 11.3 Å². The van der Waals surface area contributed by atoms with Gasteiger partial charge in [0.05, 0.1) is 19.6 Å². The lowest BCUT2D eigenvalue weighted by molar-refractivity contribution is 0.0595. The van der Waals surface area contributed by atoms with Gasteiger partial charge in [0, 0.05) is 11.3 Å². The molecule has 0 saturated heterocycles. The molecule has 72 valence electrons. The quantitative estimate of drug-likeness (QED) is 0.739. The average molecular weight is 191 g/mol. The molecule has 1 N–H and O–H groups in total. The maximum Gasteiger partial charge on any atom is 0.354 e. The number of hydrogen-bond acceptors (Lipinski definition) is 3. The van der Waals surface area contributed by atoms with Crippen LogP contribution in [0.4, 0.5) is 0 Å². The first kappa shape index (κ1) is 8.62. The van der Waals surface area contributed by atoms with Gasteiger partial charge in [0.25, 0.3) is 0 Å². The summed E-state index contributed by atoms with van der Waals surface area (Å²) >= 11 is 0. The van der Waals surface area contributed by atoms with Crippen LogP contribution in [0.15, 0.2) is 35.1 Å². The smallest absolute Gasteiger partial charge is 0.354 e. The Labute approximate surface area is 80.5 Å². The number of furan rings is 1. The van der Waals surface area contributed by atoms with E-state index in [2.05, 4.69) is 9.72 Å². The molecule has 0 unspecified atom stereocenters. The zero-order chi connectivity index (χ0) is 9.97. The molecule has 0 radical (unpaired) electrons. The number of carbonyl (C=O) groups is 1. The van der Waals surface area contributed by atoms with Crippen LogP contribution in [0.3, 0.4) is 0 Å². The molecule has 2 aromatic heterocycles. The summed E-state index contributed by atoms with van der Waals surface area (Å²) in [6.45, 7) is 0. The Hall–Kier alpha value is -1.97. The first-order valence-corrected chi connectivity index (χ1v) is 4.11. The van der Waals surface area contributed by atoms with E-state index in [0.29, 0.717) is 5.69 Å². The molecule has 0 saturated carbocycles. The number of carbonyl (C=O) groups excluding carboxylic acids is 1. The molecular weight excluding hydrogens is 182 g/mol. The molecule has 0 spiro atoms. The number of nitrogens with one attached hydrogen (secondary N) is 1. The van der Waals surface area contributed by atoms with Crippen molar-refractivity contribution in [3.05, 3.63) is 36.4 Å². The van der Waals surface area contributed by atoms with E-state index >= 15 is 0 Å². The Morgan fingerprint density at radius 2 is 2.29 bits per heavy atom. The highest BCUT2D eigenvalue weighted by atomic mass is 16.5. The molecule has 0 aromatic carbocycles. The van der Waals surface area contributed by atoms with Gasteiger partial charge in [0.1, 0.15) is 5.69 Å². The molecule has 4 heteroatoms. The summed E-state index contributed by atoms with van der Waals surface area (Å²) in [7, 11) is 1.35. The number of methoxy groups -OCH3 is 1. The maximum absolute atomic E-state index is 11.1. The van der Waals surface area contributed by atoms with Crippen molar-refractivity contribution in [3.63, 3.8) is 0 Å². The van der Waals surface area contributed by atoms with Crippen LogP contribution >= 0.6 is 0 Å². The zero-order valence-electron chi connectivity index (χ0n) is 7.61. The molecule has 2 heterocycles. The Bertz CT molecular complexity index is 428. The highest BCUT2D eigenvalue weighted by Crippen LogP contribution is 2.18. The number of esters is 1. The van der Waals surface area contributed by atoms with E-state index in [-0.39, 0.29) is 5.97 Å². The average Bonchev–Trinajstić information content (AvgIpc) is 2.86. The summed E-state index contributed by atoms with van der Waals surface area (Å²) in [5.74, 6) is -0.375. The monoisotopic (exact) mass is 191 g/mol. The van der Waals surface area contributed by atoms with Crippen molar-refractivity contribution in [2.45, 2.75) is 0 Å². The Morgan fingerprint density at radius 3 is 2.93 bits per heavy atom. The van der Waals surface area contributed by atoms with Crippen molar-refractivity contribution in [1.82, 2.24) is 4.98 Å². The molecule has 14 heavy (non-hydrogen) atoms. The molecular formula is C10H9NO3. The molecule has 0 aliphatic carbocycles. The highest BCUT2D eigenvalue weighted by Gasteiger charge is 2.09. The standard InChI is InChI=1S/C10H9NO3/c1-13-10(12)9-3-2-8(11-9)7-4-5-14-6-7/h2-6,11H,1H3. The van der Waals surface area contributed by atoms with Gasteiger partial charge in [-0.25, -0.2) is 4.79 Å². The van der Waals surface area contributed by atoms with Gasteiger partial charge >= 0.3 is 5.97 Å². The number of ether oxygens (including phenoxy) is 1. The van der Waals surface area contributed by atoms with Crippen molar-refractivity contribution in [2.75, 3.05) is 7.11 Å². The van der Waals surface area contributed by atoms with Gasteiger partial charge in [-0.15, -0.1) is 0 Å². The van der Waals surface area contributed by atoms with Crippen LogP contribution in [-0.2, 0) is 4.74 Å². The predicted molar refractivity (Wildman–Crippen MR) is 49.8 cm³/mol. The molecule has 0 atom stereocenters. The van der Waals surface area contributed by atoms with Crippen LogP contribution in [0.5, 0.6) is 0 Å². The first-order valence-electron chi connectivity index (χ1n) is 4.11. The Kier molecular flexibility index (Phi) is 2.10. The van der Waals surface area contributed by atoms with E-state index in [1.165, 1.54) is 7.11 Å². The fourth-order valence-electron chi connectivity index (χ4n) is 1.21. The number of H-pyrrole nitrogens is 1. The predicted octanol–water partition coefficient (Wildman–Crippen LogP) is 2.06. The van der Waals surface area contributed by atoms with Crippen LogP contribution in [0, 0.1) is 0 Å². The van der Waals surface area contributed by atoms with Crippen LogP contribution in [-0.4, -0.2) is 18.1 Å². The third-order valence-corrected chi connectivity index (χ3v) is 1.92.